The van der Waals surface area contributed by atoms with Crippen molar-refractivity contribution in [2.75, 3.05) is 5.32 Å². The molecule has 0 aromatic heterocycles. The summed E-state index contributed by atoms with van der Waals surface area (Å²) >= 11 is 0. The van der Waals surface area contributed by atoms with Crippen LogP contribution in [0.15, 0.2) is 18.2 Å². The molecule has 1 atom stereocenters. The lowest BCUT2D eigenvalue weighted by atomic mass is 10.1. The number of hydrogen-bond donors (Lipinski definition) is 3. The maximum atomic E-state index is 10.9. The second kappa shape index (κ2) is 6.27. The molecular formula is C10H10N4O7. The highest BCUT2D eigenvalue weighted by atomic mass is 16.6. The van der Waals surface area contributed by atoms with E-state index >= 15 is 0 Å². The molecule has 0 saturated heterocycles. The quantitative estimate of drug-likeness (QED) is 0.473. The van der Waals surface area contributed by atoms with Crippen molar-refractivity contribution < 1.29 is 24.5 Å². The molecule has 11 nitrogen and oxygen atoms in total. The zero-order valence-electron chi connectivity index (χ0n) is 10.4. The summed E-state index contributed by atoms with van der Waals surface area (Å²) in [5, 5.41) is 32.6. The first kappa shape index (κ1) is 15.8. The van der Waals surface area contributed by atoms with Gasteiger partial charge in [-0.25, -0.2) is 4.79 Å². The number of carbonyl (C=O) groups excluding carboxylic acids is 1. The van der Waals surface area contributed by atoms with Crippen molar-refractivity contribution in [3.05, 3.63) is 38.4 Å². The molecule has 0 spiro atoms. The minimum atomic E-state index is -1.48. The van der Waals surface area contributed by atoms with Crippen LogP contribution in [0.3, 0.4) is 0 Å². The second-order valence-electron chi connectivity index (χ2n) is 3.92. The second-order valence-corrected chi connectivity index (χ2v) is 3.92. The molecular weight excluding hydrogens is 288 g/mol. The standard InChI is InChI=1S/C10H10N4O7/c11-9(15)4-7(10(16)17)12-6-2-1-5(13(18)19)3-8(6)14(20)21/h1-3,7,12H,4H2,(H2,11,15)(H,16,17)/t7-/m0/s1. The number of nitrogens with zero attached hydrogens (tertiary/aromatic N) is 2. The molecule has 4 N–H and O–H groups in total. The Bertz CT molecular complexity index is 615. The van der Waals surface area contributed by atoms with E-state index in [-0.39, 0.29) is 5.69 Å². The van der Waals surface area contributed by atoms with E-state index in [1.54, 1.807) is 0 Å². The number of nitro groups is 2. The number of anilines is 1. The van der Waals surface area contributed by atoms with Crippen molar-refractivity contribution in [1.29, 1.82) is 0 Å². The molecule has 1 rings (SSSR count). The van der Waals surface area contributed by atoms with Crippen LogP contribution in [0.1, 0.15) is 6.42 Å². The highest BCUT2D eigenvalue weighted by Crippen LogP contribution is 2.29. The van der Waals surface area contributed by atoms with E-state index in [1.165, 1.54) is 0 Å². The average molecular weight is 298 g/mol. The summed E-state index contributed by atoms with van der Waals surface area (Å²) in [6.07, 6.45) is -0.594. The van der Waals surface area contributed by atoms with Crippen LogP contribution in [0.2, 0.25) is 0 Å². The van der Waals surface area contributed by atoms with Crippen LogP contribution in [0.25, 0.3) is 0 Å². The van der Waals surface area contributed by atoms with Gasteiger partial charge in [-0.05, 0) is 6.07 Å². The van der Waals surface area contributed by atoms with Gasteiger partial charge in [-0.15, -0.1) is 0 Å². The number of rotatable bonds is 7. The Balaban J connectivity index is 3.16. The number of carbonyl (C=O) groups is 2. The van der Waals surface area contributed by atoms with Crippen molar-refractivity contribution in [3.63, 3.8) is 0 Å². The number of carboxylic acids is 1. The third kappa shape index (κ3) is 4.12. The molecule has 0 aliphatic rings. The Morgan fingerprint density at radius 1 is 1.29 bits per heavy atom. The number of nitro benzene ring substituents is 2. The fourth-order valence-corrected chi connectivity index (χ4v) is 1.50. The van der Waals surface area contributed by atoms with Gasteiger partial charge in [0.05, 0.1) is 22.3 Å². The average Bonchev–Trinajstić information content (AvgIpc) is 2.37. The summed E-state index contributed by atoms with van der Waals surface area (Å²) in [7, 11) is 0. The largest absolute Gasteiger partial charge is 0.480 e. The fraction of sp³-hybridized carbons (Fsp3) is 0.200. The van der Waals surface area contributed by atoms with Gasteiger partial charge in [0.25, 0.3) is 11.4 Å². The molecule has 112 valence electrons. The van der Waals surface area contributed by atoms with E-state index in [2.05, 4.69) is 5.32 Å². The molecule has 0 aliphatic carbocycles. The predicted molar refractivity (Wildman–Crippen MR) is 68.6 cm³/mol. The number of nitrogens with two attached hydrogens (primary N) is 1. The third-order valence-electron chi connectivity index (χ3n) is 2.42. The third-order valence-corrected chi connectivity index (χ3v) is 2.42. The number of benzene rings is 1. The fourth-order valence-electron chi connectivity index (χ4n) is 1.50. The highest BCUT2D eigenvalue weighted by molar-refractivity contribution is 5.86. The van der Waals surface area contributed by atoms with Crippen LogP contribution in [0.4, 0.5) is 17.1 Å². The highest BCUT2D eigenvalue weighted by Gasteiger charge is 2.25. The zero-order valence-corrected chi connectivity index (χ0v) is 10.4. The molecule has 0 fully saturated rings. The smallest absolute Gasteiger partial charge is 0.326 e. The first-order valence-electron chi connectivity index (χ1n) is 5.43. The Labute approximate surface area is 116 Å². The minimum Gasteiger partial charge on any atom is -0.480 e. The molecule has 0 saturated carbocycles. The van der Waals surface area contributed by atoms with Gasteiger partial charge in [0.15, 0.2) is 0 Å². The van der Waals surface area contributed by atoms with E-state index in [0.29, 0.717) is 6.07 Å². The number of carboxylic acid groups (broad SMARTS) is 1. The van der Waals surface area contributed by atoms with Gasteiger partial charge in [-0.2, -0.15) is 0 Å². The molecule has 0 heterocycles. The summed E-state index contributed by atoms with van der Waals surface area (Å²) < 4.78 is 0. The van der Waals surface area contributed by atoms with E-state index in [1.807, 2.05) is 0 Å². The van der Waals surface area contributed by atoms with Crippen molar-refractivity contribution in [2.24, 2.45) is 5.73 Å². The first-order chi connectivity index (χ1) is 9.72. The van der Waals surface area contributed by atoms with Gasteiger partial charge in [0.1, 0.15) is 11.7 Å². The van der Waals surface area contributed by atoms with Crippen LogP contribution < -0.4 is 11.1 Å². The molecule has 1 amide bonds. The zero-order chi connectivity index (χ0) is 16.2. The number of aliphatic carboxylic acids is 1. The van der Waals surface area contributed by atoms with Gasteiger partial charge in [0.2, 0.25) is 5.91 Å². The Morgan fingerprint density at radius 3 is 2.33 bits per heavy atom. The summed E-state index contributed by atoms with van der Waals surface area (Å²) in [6, 6.07) is 1.17. The lowest BCUT2D eigenvalue weighted by molar-refractivity contribution is -0.393. The van der Waals surface area contributed by atoms with E-state index in [9.17, 15) is 29.8 Å². The van der Waals surface area contributed by atoms with Crippen molar-refractivity contribution in [2.45, 2.75) is 12.5 Å². The van der Waals surface area contributed by atoms with Gasteiger partial charge in [0, 0.05) is 6.07 Å². The van der Waals surface area contributed by atoms with Gasteiger partial charge >= 0.3 is 5.97 Å². The monoisotopic (exact) mass is 298 g/mol. The minimum absolute atomic E-state index is 0.265. The Morgan fingerprint density at radius 2 is 1.90 bits per heavy atom. The Hall–Kier alpha value is -3.24. The van der Waals surface area contributed by atoms with Gasteiger partial charge < -0.3 is 16.2 Å². The van der Waals surface area contributed by atoms with Crippen LogP contribution in [0.5, 0.6) is 0 Å². The summed E-state index contributed by atoms with van der Waals surface area (Å²) in [6.45, 7) is 0. The van der Waals surface area contributed by atoms with Gasteiger partial charge in [-0.1, -0.05) is 0 Å². The van der Waals surface area contributed by atoms with E-state index in [4.69, 9.17) is 10.8 Å². The SMILES string of the molecule is NC(=O)C[C@H](Nc1ccc([N+](=O)[O-])cc1[N+](=O)[O-])C(=O)O. The van der Waals surface area contributed by atoms with Crippen LogP contribution in [0, 0.1) is 20.2 Å². The van der Waals surface area contributed by atoms with Crippen molar-refractivity contribution >= 4 is 28.9 Å². The first-order valence-corrected chi connectivity index (χ1v) is 5.43. The Kier molecular flexibility index (Phi) is 4.72. The van der Waals surface area contributed by atoms with Crippen molar-refractivity contribution in [3.8, 4) is 0 Å². The molecule has 0 bridgehead atoms. The van der Waals surface area contributed by atoms with Crippen LogP contribution >= 0.6 is 0 Å². The number of hydrogen-bond acceptors (Lipinski definition) is 7. The van der Waals surface area contributed by atoms with E-state index < -0.39 is 45.6 Å². The number of amides is 1. The lowest BCUT2D eigenvalue weighted by Gasteiger charge is -2.14. The molecule has 0 radical (unpaired) electrons. The van der Waals surface area contributed by atoms with Crippen LogP contribution in [-0.2, 0) is 9.59 Å². The molecule has 1 aromatic carbocycles. The lowest BCUT2D eigenvalue weighted by Crippen LogP contribution is -2.34. The van der Waals surface area contributed by atoms with Gasteiger partial charge in [-0.3, -0.25) is 25.0 Å². The number of non-ortho nitro benzene ring substituents is 1. The molecule has 21 heavy (non-hydrogen) atoms. The maximum Gasteiger partial charge on any atom is 0.326 e. The summed E-state index contributed by atoms with van der Waals surface area (Å²) in [4.78, 5) is 41.4. The summed E-state index contributed by atoms with van der Waals surface area (Å²) in [5.41, 5.74) is 3.42. The van der Waals surface area contributed by atoms with Crippen molar-refractivity contribution in [1.82, 2.24) is 0 Å². The summed E-state index contributed by atoms with van der Waals surface area (Å²) in [5.74, 6) is -2.36. The van der Waals surface area contributed by atoms with Crippen LogP contribution in [-0.4, -0.2) is 32.9 Å². The topological polar surface area (TPSA) is 179 Å². The van der Waals surface area contributed by atoms with E-state index in [0.717, 1.165) is 12.1 Å². The maximum absolute atomic E-state index is 10.9. The predicted octanol–water partition coefficient (Wildman–Crippen LogP) is 0.243. The number of primary amides is 1. The molecule has 0 unspecified atom stereocenters. The normalized spacial score (nSPS) is 11.4. The molecule has 1 aromatic rings. The molecule has 0 aliphatic heterocycles. The number of nitrogens with one attached hydrogen (secondary N) is 1. The molecule has 11 heteroatoms.